The van der Waals surface area contributed by atoms with Gasteiger partial charge >= 0.3 is 0 Å². The Hall–Kier alpha value is -1.82. The average Bonchev–Trinajstić information content (AvgIpc) is 3.19. The molecule has 0 nitrogen and oxygen atoms in total. The van der Waals surface area contributed by atoms with Crippen molar-refractivity contribution in [3.05, 3.63) is 84.1 Å². The first-order chi connectivity index (χ1) is 19.6. The minimum atomic E-state index is 0. The van der Waals surface area contributed by atoms with Crippen molar-refractivity contribution in [2.75, 3.05) is 0 Å². The van der Waals surface area contributed by atoms with E-state index in [0.29, 0.717) is 5.92 Å². The van der Waals surface area contributed by atoms with Gasteiger partial charge in [-0.25, -0.2) is 0 Å². The smallest absolute Gasteiger partial charge is 0.000743 e. The molecule has 250 valence electrons. The fourth-order valence-corrected chi connectivity index (χ4v) is 3.69. The summed E-state index contributed by atoms with van der Waals surface area (Å²) in [4.78, 5) is 0. The summed E-state index contributed by atoms with van der Waals surface area (Å²) in [6.45, 7) is 39.2. The van der Waals surface area contributed by atoms with Crippen LogP contribution in [0.15, 0.2) is 84.1 Å². The molecule has 2 aliphatic carbocycles. The van der Waals surface area contributed by atoms with Crippen LogP contribution in [0, 0.1) is 17.8 Å². The number of hydrogen-bond donors (Lipinski definition) is 0. The van der Waals surface area contributed by atoms with Crippen LogP contribution in [0.3, 0.4) is 0 Å². The van der Waals surface area contributed by atoms with Crippen molar-refractivity contribution < 1.29 is 0 Å². The van der Waals surface area contributed by atoms with Crippen molar-refractivity contribution in [2.45, 2.75) is 169 Å². The molecule has 0 bridgehead atoms. The summed E-state index contributed by atoms with van der Waals surface area (Å²) in [5.74, 6) is 2.66. The first-order valence-electron chi connectivity index (χ1n) is 17.2. The number of rotatable bonds is 8. The Labute approximate surface area is 270 Å². The molecular weight excluding hydrogens is 504 g/mol. The van der Waals surface area contributed by atoms with E-state index in [1.165, 1.54) is 67.2 Å². The molecule has 0 aromatic heterocycles. The Balaban J connectivity index is -0.0000000970. The lowest BCUT2D eigenvalue weighted by molar-refractivity contribution is 0.198. The minimum Gasteiger partial charge on any atom is -0.103 e. The third-order valence-corrected chi connectivity index (χ3v) is 6.88. The van der Waals surface area contributed by atoms with E-state index in [2.05, 4.69) is 126 Å². The van der Waals surface area contributed by atoms with Crippen molar-refractivity contribution in [1.82, 2.24) is 0 Å². The monoisotopic (exact) mass is 587 g/mol. The molecule has 0 spiro atoms. The molecule has 42 heavy (non-hydrogen) atoms. The zero-order chi connectivity index (χ0) is 33.1. The van der Waals surface area contributed by atoms with Gasteiger partial charge in [-0.2, -0.15) is 0 Å². The largest absolute Gasteiger partial charge is 0.103 e. The second-order valence-corrected chi connectivity index (χ2v) is 10.4. The van der Waals surface area contributed by atoms with Crippen molar-refractivity contribution in [3.8, 4) is 0 Å². The van der Waals surface area contributed by atoms with Crippen LogP contribution in [0.1, 0.15) is 169 Å². The van der Waals surface area contributed by atoms with Gasteiger partial charge in [0.15, 0.2) is 0 Å². The normalized spacial score (nSPS) is 18.1. The van der Waals surface area contributed by atoms with E-state index in [-0.39, 0.29) is 7.43 Å². The van der Waals surface area contributed by atoms with Gasteiger partial charge in [0.25, 0.3) is 0 Å². The van der Waals surface area contributed by atoms with Crippen LogP contribution < -0.4 is 0 Å². The molecule has 0 radical (unpaired) electrons. The fourth-order valence-electron chi connectivity index (χ4n) is 3.69. The predicted molar refractivity (Wildman–Crippen MR) is 206 cm³/mol. The maximum absolute atomic E-state index is 3.82. The average molecular weight is 587 g/mol. The van der Waals surface area contributed by atoms with Crippen molar-refractivity contribution in [1.29, 1.82) is 0 Å². The van der Waals surface area contributed by atoms with Gasteiger partial charge < -0.3 is 0 Å². The topological polar surface area (TPSA) is 0 Å². The zero-order valence-electron chi connectivity index (χ0n) is 31.1. The lowest BCUT2D eigenvalue weighted by Gasteiger charge is -2.32. The Kier molecular flexibility index (Phi) is 54.8. The summed E-state index contributed by atoms with van der Waals surface area (Å²) in [5, 5.41) is 0. The highest BCUT2D eigenvalue weighted by atomic mass is 14.3. The zero-order valence-corrected chi connectivity index (χ0v) is 31.1. The highest BCUT2D eigenvalue weighted by Gasteiger charge is 2.23. The predicted octanol–water partition coefficient (Wildman–Crippen LogP) is 15.9. The SMILES string of the molecule is C.C/C=C(C)\C(C)=C\C.C=CC1=CC(CC)=CC=CC1C.C=CCCC.CC.CC.CCCC.CCCC1CC(C)C1. The fraction of sp³-hybridized carbons (Fsp3) is 0.667. The molecule has 1 fully saturated rings. The highest BCUT2D eigenvalue weighted by molar-refractivity contribution is 5.37. The Morgan fingerprint density at radius 3 is 1.55 bits per heavy atom. The van der Waals surface area contributed by atoms with Gasteiger partial charge in [0, 0.05) is 0 Å². The van der Waals surface area contributed by atoms with Crippen LogP contribution in [0.25, 0.3) is 0 Å². The Bertz CT molecular complexity index is 665. The van der Waals surface area contributed by atoms with E-state index in [0.717, 1.165) is 24.7 Å². The van der Waals surface area contributed by atoms with Crippen LogP contribution in [0.5, 0.6) is 0 Å². The molecule has 0 saturated heterocycles. The molecule has 0 heteroatoms. The Morgan fingerprint density at radius 1 is 0.810 bits per heavy atom. The first-order valence-corrected chi connectivity index (χ1v) is 17.2. The van der Waals surface area contributed by atoms with Crippen LogP contribution in [0.2, 0.25) is 0 Å². The van der Waals surface area contributed by atoms with E-state index in [1.54, 1.807) is 0 Å². The first kappa shape index (κ1) is 52.8. The quantitative estimate of drug-likeness (QED) is 0.196. The van der Waals surface area contributed by atoms with Crippen molar-refractivity contribution in [2.24, 2.45) is 17.8 Å². The van der Waals surface area contributed by atoms with E-state index in [4.69, 9.17) is 0 Å². The lowest BCUT2D eigenvalue weighted by atomic mass is 9.74. The second kappa shape index (κ2) is 43.6. The molecule has 0 heterocycles. The van der Waals surface area contributed by atoms with E-state index < -0.39 is 0 Å². The summed E-state index contributed by atoms with van der Waals surface area (Å²) in [6, 6.07) is 0. The third-order valence-electron chi connectivity index (χ3n) is 6.88. The number of unbranched alkanes of at least 4 members (excludes halogenated alkanes) is 2. The number of hydrogen-bond acceptors (Lipinski definition) is 0. The van der Waals surface area contributed by atoms with E-state index >= 15 is 0 Å². The van der Waals surface area contributed by atoms with Gasteiger partial charge in [0.05, 0.1) is 0 Å². The van der Waals surface area contributed by atoms with Crippen LogP contribution in [-0.4, -0.2) is 0 Å². The van der Waals surface area contributed by atoms with Crippen molar-refractivity contribution >= 4 is 0 Å². The summed E-state index contributed by atoms with van der Waals surface area (Å²) < 4.78 is 0. The molecule has 1 unspecified atom stereocenters. The molecule has 2 rings (SSSR count). The van der Waals surface area contributed by atoms with Crippen molar-refractivity contribution in [3.63, 3.8) is 0 Å². The third kappa shape index (κ3) is 36.2. The lowest BCUT2D eigenvalue weighted by Crippen LogP contribution is -2.20. The Morgan fingerprint density at radius 2 is 1.29 bits per heavy atom. The molecule has 2 aliphatic rings. The van der Waals surface area contributed by atoms with Gasteiger partial charge in [-0.1, -0.05) is 182 Å². The molecule has 0 aromatic rings. The van der Waals surface area contributed by atoms with Crippen LogP contribution in [-0.2, 0) is 0 Å². The van der Waals surface area contributed by atoms with E-state index in [9.17, 15) is 0 Å². The summed E-state index contributed by atoms with van der Waals surface area (Å²) in [6.07, 6.45) is 28.9. The maximum Gasteiger partial charge on any atom is -0.000743 e. The summed E-state index contributed by atoms with van der Waals surface area (Å²) >= 11 is 0. The standard InChI is InChI=1S/C12H16.C8H16.C8H14.C5H10.C4H10.2C2H6.CH4/c1-4-11-8-6-7-10(3)12(5-2)9-11;1-3-4-8-5-7(2)6-8;1-5-7(3)8(4)6-2;1-3-5-4-2;1-3-4-2;2*1-2;/h5-10H,2,4H2,1,3H3;7-8H,3-6H2,1-2H3;5-6H,1-4H3;3H,1,4-5H2,2H3;3-4H2,1-2H3;2*1-2H3;1H4/b;;7-5-,8-6+;;;;;. The van der Waals surface area contributed by atoms with Crippen LogP contribution >= 0.6 is 0 Å². The molecule has 0 N–H and O–H groups in total. The maximum atomic E-state index is 3.82. The second-order valence-electron chi connectivity index (χ2n) is 10.4. The van der Waals surface area contributed by atoms with Gasteiger partial charge in [-0.3, -0.25) is 0 Å². The molecular formula is C42H82. The number of allylic oxidation sites excluding steroid dienone is 12. The summed E-state index contributed by atoms with van der Waals surface area (Å²) in [7, 11) is 0. The van der Waals surface area contributed by atoms with Gasteiger partial charge in [-0.15, -0.1) is 6.58 Å². The molecule has 0 aliphatic heterocycles. The molecule has 0 amide bonds. The van der Waals surface area contributed by atoms with Gasteiger partial charge in [0.2, 0.25) is 0 Å². The van der Waals surface area contributed by atoms with E-state index in [1.807, 2.05) is 39.8 Å². The molecule has 1 atom stereocenters. The molecule has 1 saturated carbocycles. The minimum absolute atomic E-state index is 0. The van der Waals surface area contributed by atoms with Crippen LogP contribution in [0.4, 0.5) is 0 Å². The molecule has 0 aromatic carbocycles. The highest BCUT2D eigenvalue weighted by Crippen LogP contribution is 2.35. The summed E-state index contributed by atoms with van der Waals surface area (Å²) in [5.41, 5.74) is 5.43. The van der Waals surface area contributed by atoms with Gasteiger partial charge in [-0.05, 0) is 82.3 Å². The van der Waals surface area contributed by atoms with Gasteiger partial charge in [0.1, 0.15) is 0 Å².